The van der Waals surface area contributed by atoms with E-state index in [1.54, 1.807) is 12.1 Å². The molecule has 0 bridgehead atoms. The maximum absolute atomic E-state index is 14.1. The fraction of sp³-hybridized carbons (Fsp3) is 0.480. The van der Waals surface area contributed by atoms with Crippen LogP contribution in [-0.4, -0.2) is 46.5 Å². The Labute approximate surface area is 216 Å². The van der Waals surface area contributed by atoms with E-state index >= 15 is 0 Å². The molecule has 2 heterocycles. The van der Waals surface area contributed by atoms with E-state index in [-0.39, 0.29) is 17.6 Å². The number of hydrogen-bond donors (Lipinski definition) is 2. The quantitative estimate of drug-likeness (QED) is 0.554. The van der Waals surface area contributed by atoms with Crippen LogP contribution in [0.5, 0.6) is 0 Å². The van der Waals surface area contributed by atoms with Gasteiger partial charge in [-0.3, -0.25) is 14.6 Å². The summed E-state index contributed by atoms with van der Waals surface area (Å²) in [5.41, 5.74) is 1.94. The van der Waals surface area contributed by atoms with Crippen molar-refractivity contribution >= 4 is 40.7 Å². The number of alkyl halides is 3. The summed E-state index contributed by atoms with van der Waals surface area (Å²) in [6.07, 6.45) is -0.260. The van der Waals surface area contributed by atoms with Gasteiger partial charge in [-0.15, -0.1) is 0 Å². The van der Waals surface area contributed by atoms with Gasteiger partial charge in [0.2, 0.25) is 11.8 Å². The summed E-state index contributed by atoms with van der Waals surface area (Å²) in [5, 5.41) is 7.18. The van der Waals surface area contributed by atoms with E-state index in [1.165, 1.54) is 12.3 Å². The van der Waals surface area contributed by atoms with Crippen LogP contribution >= 0.6 is 23.2 Å². The summed E-state index contributed by atoms with van der Waals surface area (Å²) < 4.78 is 42.2. The van der Waals surface area contributed by atoms with Crippen molar-refractivity contribution in [3.8, 4) is 0 Å². The highest BCUT2D eigenvalue weighted by atomic mass is 35.5. The van der Waals surface area contributed by atoms with Crippen LogP contribution in [-0.2, 0) is 22.4 Å². The van der Waals surface area contributed by atoms with Gasteiger partial charge >= 0.3 is 6.18 Å². The lowest BCUT2D eigenvalue weighted by Gasteiger charge is -2.46. The molecule has 5 rings (SSSR count). The van der Waals surface area contributed by atoms with Gasteiger partial charge in [0, 0.05) is 31.0 Å². The van der Waals surface area contributed by atoms with Gasteiger partial charge in [-0.25, -0.2) is 0 Å². The van der Waals surface area contributed by atoms with Gasteiger partial charge in [0.25, 0.3) is 0 Å². The number of hydrogen-bond acceptors (Lipinski definition) is 4. The third-order valence-corrected chi connectivity index (χ3v) is 8.39. The number of halogens is 5. The molecule has 36 heavy (non-hydrogen) atoms. The van der Waals surface area contributed by atoms with E-state index in [1.807, 2.05) is 6.07 Å². The van der Waals surface area contributed by atoms with Gasteiger partial charge in [0.1, 0.15) is 0 Å². The lowest BCUT2D eigenvalue weighted by Crippen LogP contribution is -2.57. The smallest absolute Gasteiger partial charge is 0.380 e. The van der Waals surface area contributed by atoms with Gasteiger partial charge in [-0.05, 0) is 61.4 Å². The van der Waals surface area contributed by atoms with Crippen molar-refractivity contribution in [2.75, 3.05) is 12.4 Å². The summed E-state index contributed by atoms with van der Waals surface area (Å²) in [7, 11) is 1.16. The predicted octanol–water partition coefficient (Wildman–Crippen LogP) is 5.09. The van der Waals surface area contributed by atoms with Gasteiger partial charge in [0.15, 0.2) is 6.04 Å². The van der Waals surface area contributed by atoms with Gasteiger partial charge in [0.05, 0.1) is 27.6 Å². The first kappa shape index (κ1) is 25.1. The Bertz CT molecular complexity index is 1200. The molecule has 1 saturated carbocycles. The van der Waals surface area contributed by atoms with E-state index in [0.29, 0.717) is 54.3 Å². The molecule has 2 N–H and O–H groups in total. The molecule has 2 amide bonds. The number of aromatic nitrogens is 1. The second kappa shape index (κ2) is 9.10. The average Bonchev–Trinajstić information content (AvgIpc) is 3.39. The van der Waals surface area contributed by atoms with Crippen molar-refractivity contribution in [1.82, 2.24) is 15.2 Å². The molecule has 192 valence electrons. The predicted molar refractivity (Wildman–Crippen MR) is 130 cm³/mol. The number of pyridine rings is 1. The first-order chi connectivity index (χ1) is 17.0. The summed E-state index contributed by atoms with van der Waals surface area (Å²) in [6, 6.07) is 4.37. The van der Waals surface area contributed by atoms with Crippen LogP contribution in [0.2, 0.25) is 10.0 Å². The molecule has 2 unspecified atom stereocenters. The lowest BCUT2D eigenvalue weighted by atomic mass is 9.67. The van der Waals surface area contributed by atoms with E-state index in [4.69, 9.17) is 23.2 Å². The molecule has 1 saturated heterocycles. The third-order valence-electron chi connectivity index (χ3n) is 7.55. The summed E-state index contributed by atoms with van der Waals surface area (Å²) >= 11 is 12.4. The number of benzene rings is 1. The molecule has 3 aliphatic rings. The van der Waals surface area contributed by atoms with Crippen LogP contribution in [0.15, 0.2) is 30.5 Å². The van der Waals surface area contributed by atoms with E-state index in [9.17, 15) is 22.8 Å². The first-order valence-electron chi connectivity index (χ1n) is 11.8. The van der Waals surface area contributed by atoms with Crippen molar-refractivity contribution in [3.05, 3.63) is 57.3 Å². The van der Waals surface area contributed by atoms with Crippen LogP contribution in [0.4, 0.5) is 18.9 Å². The Morgan fingerprint density at radius 2 is 1.97 bits per heavy atom. The Morgan fingerprint density at radius 3 is 2.58 bits per heavy atom. The molecule has 2 aliphatic carbocycles. The molecular weight excluding hydrogens is 516 g/mol. The molecule has 1 aliphatic heterocycles. The first-order valence-corrected chi connectivity index (χ1v) is 12.5. The second-order valence-corrected chi connectivity index (χ2v) is 10.8. The van der Waals surface area contributed by atoms with E-state index < -0.39 is 29.6 Å². The maximum Gasteiger partial charge on any atom is 0.414 e. The van der Waals surface area contributed by atoms with Crippen molar-refractivity contribution in [1.29, 1.82) is 0 Å². The molecule has 1 aromatic carbocycles. The third kappa shape index (κ3) is 4.63. The monoisotopic (exact) mass is 540 g/mol. The number of fused-ring (bicyclic) bond motifs is 1. The zero-order valence-electron chi connectivity index (χ0n) is 19.5. The zero-order valence-corrected chi connectivity index (χ0v) is 21.0. The molecule has 2 atom stereocenters. The summed E-state index contributed by atoms with van der Waals surface area (Å²) in [5.74, 6) is -1.22. The molecule has 1 spiro atoms. The Kier molecular flexibility index (Phi) is 6.35. The number of anilines is 1. The molecule has 1 aromatic heterocycles. The largest absolute Gasteiger partial charge is 0.414 e. The molecule has 2 aromatic rings. The fourth-order valence-electron chi connectivity index (χ4n) is 5.76. The number of rotatable bonds is 5. The Morgan fingerprint density at radius 1 is 1.22 bits per heavy atom. The highest BCUT2D eigenvalue weighted by molar-refractivity contribution is 6.42. The minimum absolute atomic E-state index is 0.00768. The second-order valence-electron chi connectivity index (χ2n) is 10.0. The average molecular weight is 541 g/mol. The van der Waals surface area contributed by atoms with Crippen LogP contribution < -0.4 is 10.6 Å². The molecule has 2 fully saturated rings. The van der Waals surface area contributed by atoms with Gasteiger partial charge in [-0.2, -0.15) is 13.2 Å². The normalized spacial score (nSPS) is 25.8. The summed E-state index contributed by atoms with van der Waals surface area (Å²) in [6.45, 7) is 0. The summed E-state index contributed by atoms with van der Waals surface area (Å²) in [4.78, 5) is 29.3. The Balaban J connectivity index is 1.26. The number of amides is 2. The fourth-order valence-corrected chi connectivity index (χ4v) is 6.20. The van der Waals surface area contributed by atoms with Gasteiger partial charge < -0.3 is 15.5 Å². The van der Waals surface area contributed by atoms with Crippen LogP contribution in [0, 0.1) is 5.92 Å². The van der Waals surface area contributed by atoms with Crippen molar-refractivity contribution < 1.29 is 22.8 Å². The lowest BCUT2D eigenvalue weighted by molar-refractivity contribution is -0.193. The number of carbonyl (C=O) groups is 2. The molecular formula is C25H25Cl2F3N4O2. The number of nitrogens with one attached hydrogen (secondary N) is 2. The SMILES string of the molecule is CN(C(=O)C1CC2(CCC(=O)N2)C1)C(c1ccc(NC2Cc3ccc(Cl)c(Cl)c3C2)cn1)C(F)(F)F. The highest BCUT2D eigenvalue weighted by Crippen LogP contribution is 2.46. The number of nitrogens with zero attached hydrogens (tertiary/aromatic N) is 2. The minimum atomic E-state index is -4.70. The van der Waals surface area contributed by atoms with Crippen LogP contribution in [0.3, 0.4) is 0 Å². The topological polar surface area (TPSA) is 74.3 Å². The van der Waals surface area contributed by atoms with Crippen LogP contribution in [0.1, 0.15) is 48.5 Å². The van der Waals surface area contributed by atoms with E-state index in [0.717, 1.165) is 23.1 Å². The molecule has 0 radical (unpaired) electrons. The Hall–Kier alpha value is -2.52. The van der Waals surface area contributed by atoms with Crippen LogP contribution in [0.25, 0.3) is 0 Å². The zero-order chi connectivity index (χ0) is 25.8. The standard InChI is InChI=1S/C25H25Cl2F3N4O2/c1-34(23(36)14-10-24(11-14)7-6-20(35)33-24)22(25(28,29)30)19-5-3-15(12-31-19)32-16-8-13-2-4-18(26)21(27)17(13)9-16/h2-5,12,14,16,22,32H,6-11H2,1H3,(H,33,35). The van der Waals surface area contributed by atoms with Crippen molar-refractivity contribution in [2.24, 2.45) is 5.92 Å². The minimum Gasteiger partial charge on any atom is -0.380 e. The van der Waals surface area contributed by atoms with Gasteiger partial charge in [-0.1, -0.05) is 29.3 Å². The van der Waals surface area contributed by atoms with Crippen molar-refractivity contribution in [3.63, 3.8) is 0 Å². The number of carbonyl (C=O) groups excluding carboxylic acids is 2. The van der Waals surface area contributed by atoms with Crippen molar-refractivity contribution in [2.45, 2.75) is 62.3 Å². The maximum atomic E-state index is 14.1. The molecule has 6 nitrogen and oxygen atoms in total. The van der Waals surface area contributed by atoms with E-state index in [2.05, 4.69) is 15.6 Å². The highest BCUT2D eigenvalue weighted by Gasteiger charge is 2.54. The molecule has 11 heteroatoms.